The molecule has 0 N–H and O–H groups in total. The van der Waals surface area contributed by atoms with Gasteiger partial charge in [0.05, 0.1) is 0 Å². The van der Waals surface area contributed by atoms with E-state index in [9.17, 15) is 0 Å². The van der Waals surface area contributed by atoms with E-state index in [1.54, 1.807) is 0 Å². The van der Waals surface area contributed by atoms with Crippen LogP contribution in [0.2, 0.25) is 0 Å². The van der Waals surface area contributed by atoms with Gasteiger partial charge in [-0.05, 0) is 98.2 Å². The Hall–Kier alpha value is -0.520. The van der Waals surface area contributed by atoms with Crippen LogP contribution in [-0.2, 0) is 0 Å². The standard InChI is InChI=1S/C24H38/c1-16(2)19-9-10-20-18-8-7-17-15-22(3,4)13-14-23(17,5)21(18)11-12-24(19,20)6/h7,18-21H,1,8-15H2,2-6H3/t18?,19-,20+,21+,23+,24-/m1/s1. The van der Waals surface area contributed by atoms with Crippen molar-refractivity contribution in [2.24, 2.45) is 39.9 Å². The fourth-order valence-corrected chi connectivity index (χ4v) is 7.79. The molecular weight excluding hydrogens is 288 g/mol. The molecule has 0 saturated heterocycles. The van der Waals surface area contributed by atoms with Gasteiger partial charge in [0.25, 0.3) is 0 Å². The number of hydrogen-bond acceptors (Lipinski definition) is 0. The summed E-state index contributed by atoms with van der Waals surface area (Å²) in [4.78, 5) is 0. The van der Waals surface area contributed by atoms with Crippen molar-refractivity contribution in [1.29, 1.82) is 0 Å². The first-order valence-electron chi connectivity index (χ1n) is 10.5. The molecule has 4 aliphatic carbocycles. The van der Waals surface area contributed by atoms with Crippen molar-refractivity contribution in [2.75, 3.05) is 0 Å². The molecule has 1 unspecified atom stereocenters. The highest BCUT2D eigenvalue weighted by Gasteiger charge is 2.58. The van der Waals surface area contributed by atoms with Crippen LogP contribution in [0.4, 0.5) is 0 Å². The predicted octanol–water partition coefficient (Wildman–Crippen LogP) is 7.17. The van der Waals surface area contributed by atoms with E-state index in [0.29, 0.717) is 16.2 Å². The highest BCUT2D eigenvalue weighted by molar-refractivity contribution is 5.26. The molecule has 4 rings (SSSR count). The second kappa shape index (κ2) is 5.24. The molecule has 0 amide bonds. The summed E-state index contributed by atoms with van der Waals surface area (Å²) in [5, 5.41) is 0. The fraction of sp³-hybridized carbons (Fsp3) is 0.833. The zero-order valence-electron chi connectivity index (χ0n) is 16.8. The summed E-state index contributed by atoms with van der Waals surface area (Å²) in [6, 6.07) is 0. The topological polar surface area (TPSA) is 0 Å². The third-order valence-electron chi connectivity index (χ3n) is 9.21. The summed E-state index contributed by atoms with van der Waals surface area (Å²) in [6.07, 6.45) is 14.1. The van der Waals surface area contributed by atoms with Gasteiger partial charge in [-0.15, -0.1) is 0 Å². The third-order valence-corrected chi connectivity index (χ3v) is 9.21. The highest BCUT2D eigenvalue weighted by Crippen LogP contribution is 2.67. The van der Waals surface area contributed by atoms with E-state index in [1.165, 1.54) is 56.9 Å². The molecule has 0 nitrogen and oxygen atoms in total. The van der Waals surface area contributed by atoms with E-state index in [2.05, 4.69) is 47.3 Å². The molecular formula is C24H38. The summed E-state index contributed by atoms with van der Waals surface area (Å²) < 4.78 is 0. The fourth-order valence-electron chi connectivity index (χ4n) is 7.79. The lowest BCUT2D eigenvalue weighted by Crippen LogP contribution is -2.50. The molecule has 0 aliphatic heterocycles. The Kier molecular flexibility index (Phi) is 3.70. The average molecular weight is 327 g/mol. The van der Waals surface area contributed by atoms with E-state index in [0.717, 1.165) is 23.7 Å². The molecule has 0 heterocycles. The number of allylic oxidation sites excluding steroid dienone is 3. The predicted molar refractivity (Wildman–Crippen MR) is 104 cm³/mol. The van der Waals surface area contributed by atoms with Gasteiger partial charge < -0.3 is 0 Å². The van der Waals surface area contributed by atoms with Crippen LogP contribution >= 0.6 is 0 Å². The largest absolute Gasteiger partial charge is 0.0998 e. The normalized spacial score (nSPS) is 49.6. The van der Waals surface area contributed by atoms with Gasteiger partial charge in [0.2, 0.25) is 0 Å². The molecule has 4 aliphatic rings. The Bertz CT molecular complexity index is 579. The van der Waals surface area contributed by atoms with Crippen LogP contribution < -0.4 is 0 Å². The first-order valence-corrected chi connectivity index (χ1v) is 10.5. The molecule has 24 heavy (non-hydrogen) atoms. The molecule has 0 bridgehead atoms. The van der Waals surface area contributed by atoms with Gasteiger partial charge in [-0.3, -0.25) is 0 Å². The quantitative estimate of drug-likeness (QED) is 0.448. The SMILES string of the molecule is C=C(C)[C@H]1CC[C@H]2C3CC=C4CC(C)(C)CC[C@]4(C)[C@H]3CC[C@]12C. The van der Waals surface area contributed by atoms with Crippen molar-refractivity contribution in [3.05, 3.63) is 23.8 Å². The van der Waals surface area contributed by atoms with E-state index >= 15 is 0 Å². The Labute approximate surface area is 150 Å². The van der Waals surface area contributed by atoms with Crippen LogP contribution in [0.3, 0.4) is 0 Å². The summed E-state index contributed by atoms with van der Waals surface area (Å²) in [7, 11) is 0. The van der Waals surface area contributed by atoms with Crippen molar-refractivity contribution in [3.8, 4) is 0 Å². The maximum absolute atomic E-state index is 4.36. The minimum Gasteiger partial charge on any atom is -0.0998 e. The van der Waals surface area contributed by atoms with Crippen LogP contribution in [0.1, 0.15) is 86.0 Å². The maximum Gasteiger partial charge on any atom is -0.00849 e. The highest BCUT2D eigenvalue weighted by atomic mass is 14.6. The Morgan fingerprint density at radius 2 is 1.75 bits per heavy atom. The maximum atomic E-state index is 4.36. The smallest absolute Gasteiger partial charge is 0.00849 e. The minimum absolute atomic E-state index is 0.515. The van der Waals surface area contributed by atoms with Gasteiger partial charge in [-0.1, -0.05) is 51.5 Å². The van der Waals surface area contributed by atoms with Crippen molar-refractivity contribution >= 4 is 0 Å². The van der Waals surface area contributed by atoms with Crippen molar-refractivity contribution < 1.29 is 0 Å². The zero-order chi connectivity index (χ0) is 17.3. The third kappa shape index (κ3) is 2.24. The summed E-state index contributed by atoms with van der Waals surface area (Å²) in [5.74, 6) is 3.63. The second-order valence-electron chi connectivity index (χ2n) is 11.1. The number of fused-ring (bicyclic) bond motifs is 5. The Morgan fingerprint density at radius 3 is 2.46 bits per heavy atom. The summed E-state index contributed by atoms with van der Waals surface area (Å²) >= 11 is 0. The lowest BCUT2D eigenvalue weighted by Gasteiger charge is -2.59. The number of hydrogen-bond donors (Lipinski definition) is 0. The summed E-state index contributed by atoms with van der Waals surface area (Å²) in [6.45, 7) is 16.9. The number of rotatable bonds is 1. The molecule has 0 aromatic rings. The molecule has 0 heteroatoms. The Balaban J connectivity index is 1.66. The van der Waals surface area contributed by atoms with Gasteiger partial charge in [0.1, 0.15) is 0 Å². The Morgan fingerprint density at radius 1 is 1.00 bits per heavy atom. The van der Waals surface area contributed by atoms with Crippen LogP contribution in [0, 0.1) is 39.9 Å². The van der Waals surface area contributed by atoms with Crippen LogP contribution in [0.15, 0.2) is 23.8 Å². The molecule has 134 valence electrons. The summed E-state index contributed by atoms with van der Waals surface area (Å²) in [5.41, 5.74) is 4.87. The molecule has 0 spiro atoms. The van der Waals surface area contributed by atoms with E-state index in [1.807, 2.05) is 5.57 Å². The zero-order valence-corrected chi connectivity index (χ0v) is 16.8. The molecule has 0 radical (unpaired) electrons. The average Bonchev–Trinajstić information content (AvgIpc) is 2.85. The van der Waals surface area contributed by atoms with Gasteiger partial charge in [-0.2, -0.15) is 0 Å². The van der Waals surface area contributed by atoms with Crippen LogP contribution in [0.5, 0.6) is 0 Å². The molecule has 6 atom stereocenters. The van der Waals surface area contributed by atoms with Crippen molar-refractivity contribution in [1.82, 2.24) is 0 Å². The first-order chi connectivity index (χ1) is 11.2. The molecule has 3 saturated carbocycles. The lowest BCUT2D eigenvalue weighted by molar-refractivity contribution is -0.0438. The second-order valence-corrected chi connectivity index (χ2v) is 11.1. The van der Waals surface area contributed by atoms with Gasteiger partial charge >= 0.3 is 0 Å². The van der Waals surface area contributed by atoms with E-state index in [4.69, 9.17) is 0 Å². The van der Waals surface area contributed by atoms with Crippen LogP contribution in [0.25, 0.3) is 0 Å². The van der Waals surface area contributed by atoms with Gasteiger partial charge in [-0.25, -0.2) is 0 Å². The van der Waals surface area contributed by atoms with Crippen LogP contribution in [-0.4, -0.2) is 0 Å². The van der Waals surface area contributed by atoms with Gasteiger partial charge in [0, 0.05) is 0 Å². The van der Waals surface area contributed by atoms with Gasteiger partial charge in [0.15, 0.2) is 0 Å². The van der Waals surface area contributed by atoms with E-state index in [-0.39, 0.29) is 0 Å². The monoisotopic (exact) mass is 326 g/mol. The molecule has 3 fully saturated rings. The minimum atomic E-state index is 0.515. The van der Waals surface area contributed by atoms with E-state index < -0.39 is 0 Å². The lowest BCUT2D eigenvalue weighted by atomic mass is 9.46. The first kappa shape index (κ1) is 16.9. The molecule has 0 aromatic heterocycles. The van der Waals surface area contributed by atoms with Crippen molar-refractivity contribution in [2.45, 2.75) is 86.0 Å². The van der Waals surface area contributed by atoms with Crippen molar-refractivity contribution in [3.63, 3.8) is 0 Å². The molecule has 0 aromatic carbocycles.